The zero-order valence-corrected chi connectivity index (χ0v) is 8.97. The quantitative estimate of drug-likeness (QED) is 0.531. The summed E-state index contributed by atoms with van der Waals surface area (Å²) in [6, 6.07) is 0. The third kappa shape index (κ3) is 3.04. The van der Waals surface area contributed by atoms with E-state index in [9.17, 15) is 0 Å². The molecule has 2 nitrogen and oxygen atoms in total. The van der Waals surface area contributed by atoms with Gasteiger partial charge in [0, 0.05) is 6.08 Å². The molecule has 2 heteroatoms. The molecule has 0 bridgehead atoms. The lowest BCUT2D eigenvalue weighted by molar-refractivity contribution is -0.995. The van der Waals surface area contributed by atoms with E-state index >= 15 is 0 Å². The van der Waals surface area contributed by atoms with Gasteiger partial charge in [0.15, 0.2) is 0 Å². The molecule has 0 rings (SSSR count). The Morgan fingerprint density at radius 2 is 1.09 bits per heavy atom. The summed E-state index contributed by atoms with van der Waals surface area (Å²) in [4.78, 5) is 0. The number of rotatable bonds is 2. The van der Waals surface area contributed by atoms with E-state index in [1.807, 2.05) is 0 Å². The summed E-state index contributed by atoms with van der Waals surface area (Å²) < 4.78 is 1.81. The van der Waals surface area contributed by atoms with Gasteiger partial charge in [-0.1, -0.05) is 0 Å². The summed E-state index contributed by atoms with van der Waals surface area (Å²) in [5.74, 6) is 1.41. The molecule has 0 heterocycles. The van der Waals surface area contributed by atoms with E-state index in [1.54, 1.807) is 0 Å². The molecular weight excluding hydrogens is 136 g/mol. The zero-order valence-electron chi connectivity index (χ0n) is 8.97. The predicted molar refractivity (Wildman–Crippen MR) is 49.8 cm³/mol. The van der Waals surface area contributed by atoms with Gasteiger partial charge in [0.25, 0.3) is 5.82 Å². The smallest absolute Gasteiger partial charge is 0.252 e. The molecule has 0 fully saturated rings. The lowest BCUT2D eigenvalue weighted by Gasteiger charge is -2.34. The van der Waals surface area contributed by atoms with Crippen molar-refractivity contribution in [2.24, 2.45) is 0 Å². The Morgan fingerprint density at radius 3 is 1.09 bits per heavy atom. The maximum atomic E-state index is 2.19. The second-order valence-electron chi connectivity index (χ2n) is 4.67. The van der Waals surface area contributed by atoms with Gasteiger partial charge in [0.2, 0.25) is 0 Å². The molecule has 0 spiro atoms. The number of hydrogen-bond donors (Lipinski definition) is 0. The molecule has 0 radical (unpaired) electrons. The van der Waals surface area contributed by atoms with Crippen LogP contribution in [0.1, 0.15) is 6.92 Å². The van der Waals surface area contributed by atoms with Crippen LogP contribution in [0.5, 0.6) is 0 Å². The third-order valence-corrected chi connectivity index (χ3v) is 1.63. The maximum absolute atomic E-state index is 2.19. The molecule has 0 aromatic carbocycles. The van der Waals surface area contributed by atoms with E-state index in [2.05, 4.69) is 55.3 Å². The van der Waals surface area contributed by atoms with Crippen LogP contribution >= 0.6 is 0 Å². The van der Waals surface area contributed by atoms with Gasteiger partial charge in [-0.2, -0.15) is 0 Å². The number of hydrogen-bond acceptors (Lipinski definition) is 0. The molecule has 0 atom stereocenters. The van der Waals surface area contributed by atoms with Gasteiger partial charge in [0.1, 0.15) is 0 Å². The van der Waals surface area contributed by atoms with Gasteiger partial charge in [-0.25, -0.2) is 0 Å². The fourth-order valence-corrected chi connectivity index (χ4v) is 1.67. The molecule has 0 aliphatic rings. The minimum atomic E-state index is 0.903. The first-order valence-corrected chi connectivity index (χ1v) is 4.00. The summed E-state index contributed by atoms with van der Waals surface area (Å²) in [5, 5.41) is 0. The summed E-state index contributed by atoms with van der Waals surface area (Å²) in [7, 11) is 13.2. The van der Waals surface area contributed by atoms with Crippen LogP contribution in [0.25, 0.3) is 0 Å². The number of quaternary nitrogens is 2. The molecule has 0 N–H and O–H groups in total. The zero-order chi connectivity index (χ0) is 9.28. The van der Waals surface area contributed by atoms with Gasteiger partial charge < -0.3 is 0 Å². The van der Waals surface area contributed by atoms with Crippen molar-refractivity contribution in [3.63, 3.8) is 0 Å². The first-order chi connectivity index (χ1) is 4.69. The van der Waals surface area contributed by atoms with E-state index in [-0.39, 0.29) is 0 Å². The van der Waals surface area contributed by atoms with E-state index in [4.69, 9.17) is 0 Å². The summed E-state index contributed by atoms with van der Waals surface area (Å²) in [6.45, 7) is 2.10. The summed E-state index contributed by atoms with van der Waals surface area (Å²) in [5.41, 5.74) is 0. The average Bonchev–Trinajstić information content (AvgIpc) is 1.56. The van der Waals surface area contributed by atoms with Crippen molar-refractivity contribution in [3.8, 4) is 0 Å². The van der Waals surface area contributed by atoms with Crippen LogP contribution in [-0.2, 0) is 0 Å². The van der Waals surface area contributed by atoms with Crippen molar-refractivity contribution < 1.29 is 8.97 Å². The molecule has 0 aliphatic heterocycles. The molecule has 0 aliphatic carbocycles. The molecule has 0 saturated heterocycles. The molecular formula is C9H22N2+2. The Kier molecular flexibility index (Phi) is 2.86. The highest BCUT2D eigenvalue weighted by Crippen LogP contribution is 2.15. The minimum absolute atomic E-state index is 0.903. The molecule has 0 saturated carbocycles. The van der Waals surface area contributed by atoms with Crippen LogP contribution in [-0.4, -0.2) is 51.3 Å². The number of nitrogens with zero attached hydrogens (tertiary/aromatic N) is 2. The lowest BCUT2D eigenvalue weighted by atomic mass is 10.4. The molecule has 0 amide bonds. The van der Waals surface area contributed by atoms with Gasteiger partial charge >= 0.3 is 0 Å². The first kappa shape index (κ1) is 10.7. The molecule has 0 unspecified atom stereocenters. The van der Waals surface area contributed by atoms with Crippen LogP contribution in [0.4, 0.5) is 0 Å². The molecule has 0 aromatic heterocycles. The van der Waals surface area contributed by atoms with E-state index < -0.39 is 0 Å². The summed E-state index contributed by atoms with van der Waals surface area (Å²) >= 11 is 0. The van der Waals surface area contributed by atoms with Crippen molar-refractivity contribution >= 4 is 0 Å². The first-order valence-electron chi connectivity index (χ1n) is 4.00. The van der Waals surface area contributed by atoms with Crippen LogP contribution in [0.2, 0.25) is 0 Å². The fourth-order valence-electron chi connectivity index (χ4n) is 1.67. The van der Waals surface area contributed by atoms with Crippen molar-refractivity contribution in [3.05, 3.63) is 11.9 Å². The third-order valence-electron chi connectivity index (χ3n) is 1.63. The monoisotopic (exact) mass is 158 g/mol. The highest BCUT2D eigenvalue weighted by atomic mass is 15.5. The number of allylic oxidation sites excluding steroid dienone is 1. The largest absolute Gasteiger partial charge is 0.288 e. The van der Waals surface area contributed by atoms with Crippen LogP contribution in [0.3, 0.4) is 0 Å². The van der Waals surface area contributed by atoms with Gasteiger partial charge in [-0.15, -0.1) is 0 Å². The Morgan fingerprint density at radius 1 is 0.818 bits per heavy atom. The van der Waals surface area contributed by atoms with Gasteiger partial charge in [-0.3, -0.25) is 8.97 Å². The standard InChI is InChI=1S/C9H22N2/c1-8-9(10(2,3)4)11(5,6)7/h8H,1-7H3/q+2. The second-order valence-corrected chi connectivity index (χ2v) is 4.67. The lowest BCUT2D eigenvalue weighted by Crippen LogP contribution is -2.48. The fraction of sp³-hybridized carbons (Fsp3) is 0.778. The topological polar surface area (TPSA) is 0 Å². The normalized spacial score (nSPS) is 13.0. The van der Waals surface area contributed by atoms with Crippen molar-refractivity contribution in [1.29, 1.82) is 0 Å². The van der Waals surface area contributed by atoms with E-state index in [0.29, 0.717) is 0 Å². The van der Waals surface area contributed by atoms with Crippen LogP contribution < -0.4 is 0 Å². The van der Waals surface area contributed by atoms with Crippen molar-refractivity contribution in [2.75, 3.05) is 42.3 Å². The second kappa shape index (κ2) is 2.95. The van der Waals surface area contributed by atoms with Crippen LogP contribution in [0, 0.1) is 0 Å². The van der Waals surface area contributed by atoms with E-state index in [1.165, 1.54) is 5.82 Å². The van der Waals surface area contributed by atoms with E-state index in [0.717, 1.165) is 8.97 Å². The predicted octanol–water partition coefficient (Wildman–Crippen LogP) is 1.26. The average molecular weight is 158 g/mol. The highest BCUT2D eigenvalue weighted by Gasteiger charge is 2.28. The Balaban J connectivity index is 4.74. The molecule has 66 valence electrons. The summed E-state index contributed by atoms with van der Waals surface area (Å²) in [6.07, 6.45) is 2.19. The van der Waals surface area contributed by atoms with Gasteiger partial charge in [-0.05, 0) is 6.92 Å². The van der Waals surface area contributed by atoms with Crippen molar-refractivity contribution in [2.45, 2.75) is 6.92 Å². The highest BCUT2D eigenvalue weighted by molar-refractivity contribution is 4.78. The SMILES string of the molecule is CC=C([N+](C)(C)C)[N+](C)(C)C. The Labute approximate surface area is 70.9 Å². The molecule has 0 aromatic rings. The molecule has 11 heavy (non-hydrogen) atoms. The maximum Gasteiger partial charge on any atom is 0.288 e. The Bertz CT molecular complexity index is 139. The Hall–Kier alpha value is -0.340. The van der Waals surface area contributed by atoms with Crippen molar-refractivity contribution in [1.82, 2.24) is 0 Å². The van der Waals surface area contributed by atoms with Crippen LogP contribution in [0.15, 0.2) is 11.9 Å². The van der Waals surface area contributed by atoms with Gasteiger partial charge in [0.05, 0.1) is 42.3 Å². The minimum Gasteiger partial charge on any atom is -0.252 e.